The molecule has 0 radical (unpaired) electrons. The molecule has 0 atom stereocenters. The summed E-state index contributed by atoms with van der Waals surface area (Å²) in [7, 11) is -3.43. The normalized spacial score (nSPS) is 18.0. The van der Waals surface area contributed by atoms with Crippen LogP contribution in [0.15, 0.2) is 27.8 Å². The summed E-state index contributed by atoms with van der Waals surface area (Å²) in [5.41, 5.74) is 0.201. The molecule has 1 aliphatic carbocycles. The van der Waals surface area contributed by atoms with E-state index in [0.29, 0.717) is 11.0 Å². The van der Waals surface area contributed by atoms with Crippen molar-refractivity contribution in [3.8, 4) is 0 Å². The van der Waals surface area contributed by atoms with E-state index in [1.807, 2.05) is 0 Å². The van der Waals surface area contributed by atoms with Gasteiger partial charge in [-0.2, -0.15) is 0 Å². The molecule has 4 nitrogen and oxygen atoms in total. The number of aromatic nitrogens is 1. The van der Waals surface area contributed by atoms with Gasteiger partial charge in [0.05, 0.1) is 0 Å². The van der Waals surface area contributed by atoms with Crippen LogP contribution in [0.2, 0.25) is 0 Å². The fourth-order valence-electron chi connectivity index (χ4n) is 1.70. The van der Waals surface area contributed by atoms with Crippen molar-refractivity contribution in [1.82, 2.24) is 9.71 Å². The van der Waals surface area contributed by atoms with E-state index in [2.05, 4.69) is 32.6 Å². The Labute approximate surface area is 110 Å². The Bertz CT molecular complexity index is 512. The molecule has 0 aromatic carbocycles. The smallest absolute Gasteiger partial charge is 0.242 e. The molecule has 0 spiro atoms. The van der Waals surface area contributed by atoms with Crippen molar-refractivity contribution < 1.29 is 8.42 Å². The molecule has 1 heterocycles. The van der Waals surface area contributed by atoms with E-state index < -0.39 is 10.0 Å². The highest BCUT2D eigenvalue weighted by Gasteiger charge is 2.41. The molecule has 0 unspecified atom stereocenters. The molecule has 94 valence electrons. The molecular weight excluding hydrogens is 304 g/mol. The van der Waals surface area contributed by atoms with E-state index >= 15 is 0 Å². The zero-order valence-electron chi connectivity index (χ0n) is 9.61. The van der Waals surface area contributed by atoms with Gasteiger partial charge in [-0.1, -0.05) is 6.92 Å². The minimum Gasteiger partial charge on any atom is -0.262 e. The first-order valence-electron chi connectivity index (χ1n) is 5.58. The number of nitrogens with one attached hydrogen (secondary N) is 1. The first-order chi connectivity index (χ1) is 7.97. The monoisotopic (exact) mass is 318 g/mol. The summed E-state index contributed by atoms with van der Waals surface area (Å²) in [5.74, 6) is 0. The van der Waals surface area contributed by atoms with Crippen molar-refractivity contribution in [2.24, 2.45) is 5.41 Å². The topological polar surface area (TPSA) is 59.1 Å². The SMILES string of the molecule is CCC1(CNS(=O)(=O)c2cncc(Br)c2)CC1. The first kappa shape index (κ1) is 13.0. The van der Waals surface area contributed by atoms with Crippen LogP contribution in [0.25, 0.3) is 0 Å². The van der Waals surface area contributed by atoms with E-state index in [1.54, 1.807) is 12.3 Å². The maximum atomic E-state index is 12.0. The molecular formula is C11H15BrN2O2S. The van der Waals surface area contributed by atoms with Crippen LogP contribution in [-0.4, -0.2) is 19.9 Å². The molecule has 1 saturated carbocycles. The Morgan fingerprint density at radius 1 is 1.47 bits per heavy atom. The van der Waals surface area contributed by atoms with Gasteiger partial charge in [-0.3, -0.25) is 4.98 Å². The number of pyridine rings is 1. The lowest BCUT2D eigenvalue weighted by molar-refractivity contribution is 0.475. The number of rotatable bonds is 5. The van der Waals surface area contributed by atoms with Crippen molar-refractivity contribution in [3.05, 3.63) is 22.9 Å². The van der Waals surface area contributed by atoms with Gasteiger partial charge in [0.2, 0.25) is 10.0 Å². The molecule has 6 heteroatoms. The van der Waals surface area contributed by atoms with Crippen molar-refractivity contribution in [2.45, 2.75) is 31.1 Å². The van der Waals surface area contributed by atoms with Gasteiger partial charge in [0.1, 0.15) is 4.90 Å². The zero-order chi connectivity index (χ0) is 12.5. The second-order valence-corrected chi connectivity index (χ2v) is 7.20. The van der Waals surface area contributed by atoms with Crippen molar-refractivity contribution in [2.75, 3.05) is 6.54 Å². The average Bonchev–Trinajstić information content (AvgIpc) is 3.07. The first-order valence-corrected chi connectivity index (χ1v) is 7.85. The number of halogens is 1. The van der Waals surface area contributed by atoms with Gasteiger partial charge in [0.15, 0.2) is 0 Å². The largest absolute Gasteiger partial charge is 0.262 e. The molecule has 0 bridgehead atoms. The van der Waals surface area contributed by atoms with Crippen molar-refractivity contribution in [3.63, 3.8) is 0 Å². The molecule has 1 aromatic heterocycles. The Kier molecular flexibility index (Phi) is 3.56. The van der Waals surface area contributed by atoms with Crippen molar-refractivity contribution >= 4 is 26.0 Å². The number of hydrogen-bond acceptors (Lipinski definition) is 3. The minimum atomic E-state index is -3.43. The lowest BCUT2D eigenvalue weighted by atomic mass is 10.1. The summed E-state index contributed by atoms with van der Waals surface area (Å²) in [6.07, 6.45) is 6.17. The summed E-state index contributed by atoms with van der Waals surface area (Å²) < 4.78 is 27.3. The molecule has 0 amide bonds. The summed E-state index contributed by atoms with van der Waals surface area (Å²) in [6.45, 7) is 2.63. The summed E-state index contributed by atoms with van der Waals surface area (Å²) >= 11 is 3.22. The molecule has 17 heavy (non-hydrogen) atoms. The molecule has 0 saturated heterocycles. The van der Waals surface area contributed by atoms with Crippen LogP contribution in [-0.2, 0) is 10.0 Å². The number of sulfonamides is 1. The third-order valence-corrected chi connectivity index (χ3v) is 5.14. The fraction of sp³-hybridized carbons (Fsp3) is 0.545. The van der Waals surface area contributed by atoms with Gasteiger partial charge in [-0.15, -0.1) is 0 Å². The highest BCUT2D eigenvalue weighted by Crippen LogP contribution is 2.48. The average molecular weight is 319 g/mol. The van der Waals surface area contributed by atoms with Gasteiger partial charge >= 0.3 is 0 Å². The van der Waals surface area contributed by atoms with E-state index in [1.165, 1.54) is 6.20 Å². The van der Waals surface area contributed by atoms with Crippen LogP contribution >= 0.6 is 15.9 Å². The third kappa shape index (κ3) is 3.05. The second-order valence-electron chi connectivity index (χ2n) is 4.52. The van der Waals surface area contributed by atoms with Crippen LogP contribution in [0.4, 0.5) is 0 Å². The summed E-state index contributed by atoms with van der Waals surface area (Å²) in [5, 5.41) is 0. The molecule has 2 rings (SSSR count). The maximum Gasteiger partial charge on any atom is 0.242 e. The van der Waals surface area contributed by atoms with E-state index in [0.717, 1.165) is 19.3 Å². The Morgan fingerprint density at radius 2 is 2.18 bits per heavy atom. The highest BCUT2D eigenvalue weighted by atomic mass is 79.9. The molecule has 1 N–H and O–H groups in total. The quantitative estimate of drug-likeness (QED) is 0.906. The predicted octanol–water partition coefficient (Wildman–Crippen LogP) is 2.31. The predicted molar refractivity (Wildman–Crippen MR) is 69.1 cm³/mol. The molecule has 1 aromatic rings. The van der Waals surface area contributed by atoms with E-state index in [9.17, 15) is 8.42 Å². The van der Waals surface area contributed by atoms with Gasteiger partial charge in [-0.25, -0.2) is 13.1 Å². The van der Waals surface area contributed by atoms with Crippen LogP contribution in [0.3, 0.4) is 0 Å². The Balaban J connectivity index is 2.09. The van der Waals surface area contributed by atoms with Crippen LogP contribution in [0, 0.1) is 5.41 Å². The van der Waals surface area contributed by atoms with Gasteiger partial charge < -0.3 is 0 Å². The molecule has 1 fully saturated rings. The minimum absolute atomic E-state index is 0.201. The second kappa shape index (κ2) is 4.66. The number of hydrogen-bond donors (Lipinski definition) is 1. The lowest BCUT2D eigenvalue weighted by Gasteiger charge is -2.13. The van der Waals surface area contributed by atoms with Crippen LogP contribution < -0.4 is 4.72 Å². The van der Waals surface area contributed by atoms with E-state index in [-0.39, 0.29) is 10.3 Å². The van der Waals surface area contributed by atoms with Gasteiger partial charge in [0, 0.05) is 23.4 Å². The van der Waals surface area contributed by atoms with Gasteiger partial charge in [-0.05, 0) is 46.7 Å². The zero-order valence-corrected chi connectivity index (χ0v) is 12.0. The summed E-state index contributed by atoms with van der Waals surface area (Å²) in [6, 6.07) is 1.56. The fourth-order valence-corrected chi connectivity index (χ4v) is 3.36. The standard InChI is InChI=1S/C11H15BrN2O2S/c1-2-11(3-4-11)8-14-17(15,16)10-5-9(12)6-13-7-10/h5-7,14H,2-4,8H2,1H3. The molecule has 0 aliphatic heterocycles. The maximum absolute atomic E-state index is 12.0. The van der Waals surface area contributed by atoms with Crippen LogP contribution in [0.1, 0.15) is 26.2 Å². The van der Waals surface area contributed by atoms with Crippen molar-refractivity contribution in [1.29, 1.82) is 0 Å². The Morgan fingerprint density at radius 3 is 2.71 bits per heavy atom. The molecule has 1 aliphatic rings. The number of nitrogens with zero attached hydrogens (tertiary/aromatic N) is 1. The van der Waals surface area contributed by atoms with E-state index in [4.69, 9.17) is 0 Å². The highest BCUT2D eigenvalue weighted by molar-refractivity contribution is 9.10. The summed E-state index contributed by atoms with van der Waals surface area (Å²) in [4.78, 5) is 4.07. The Hall–Kier alpha value is -0.460. The van der Waals surface area contributed by atoms with Crippen LogP contribution in [0.5, 0.6) is 0 Å². The van der Waals surface area contributed by atoms with Gasteiger partial charge in [0.25, 0.3) is 0 Å². The lowest BCUT2D eigenvalue weighted by Crippen LogP contribution is -2.30. The third-order valence-electron chi connectivity index (χ3n) is 3.33.